The lowest BCUT2D eigenvalue weighted by molar-refractivity contribution is -0.140. The minimum absolute atomic E-state index is 0.00164. The molecule has 7 nitrogen and oxygen atoms in total. The number of hydrogen-bond donors (Lipinski definition) is 1. The SMILES string of the molecule is Cc1ccc(N(CC(=O)N(Cc2ccccc2C)[C@H](Cc2ccccc2)C(=O)NC(C)C)S(=O)(=O)c2ccc(Cl)cc2)cc1C. The van der Waals surface area contributed by atoms with E-state index in [1.165, 1.54) is 29.2 Å². The average Bonchev–Trinajstić information content (AvgIpc) is 3.00. The van der Waals surface area contributed by atoms with Gasteiger partial charge in [0.15, 0.2) is 0 Å². The highest BCUT2D eigenvalue weighted by molar-refractivity contribution is 7.92. The van der Waals surface area contributed by atoms with Gasteiger partial charge in [-0.15, -0.1) is 0 Å². The summed E-state index contributed by atoms with van der Waals surface area (Å²) in [5.41, 5.74) is 4.92. The van der Waals surface area contributed by atoms with E-state index >= 15 is 0 Å². The molecule has 45 heavy (non-hydrogen) atoms. The molecular weight excluding hydrogens is 606 g/mol. The van der Waals surface area contributed by atoms with Crippen molar-refractivity contribution >= 4 is 39.1 Å². The van der Waals surface area contributed by atoms with E-state index in [1.54, 1.807) is 12.1 Å². The van der Waals surface area contributed by atoms with Crippen LogP contribution in [0.5, 0.6) is 0 Å². The number of amides is 2. The molecule has 1 N–H and O–H groups in total. The molecule has 0 aliphatic rings. The van der Waals surface area contributed by atoms with Crippen LogP contribution in [0.2, 0.25) is 5.02 Å². The summed E-state index contributed by atoms with van der Waals surface area (Å²) < 4.78 is 29.5. The molecule has 2 amide bonds. The van der Waals surface area contributed by atoms with Gasteiger partial charge in [-0.1, -0.05) is 72.3 Å². The number of anilines is 1. The number of carbonyl (C=O) groups is 2. The second kappa shape index (κ2) is 14.8. The first kappa shape index (κ1) is 33.7. The Balaban J connectivity index is 1.83. The van der Waals surface area contributed by atoms with Crippen LogP contribution in [0.25, 0.3) is 0 Å². The molecule has 0 aliphatic heterocycles. The van der Waals surface area contributed by atoms with Gasteiger partial charge in [0.2, 0.25) is 11.8 Å². The Morgan fingerprint density at radius 1 is 0.800 bits per heavy atom. The number of rotatable bonds is 12. The van der Waals surface area contributed by atoms with Gasteiger partial charge < -0.3 is 10.2 Å². The molecule has 0 saturated heterocycles. The van der Waals surface area contributed by atoms with Gasteiger partial charge in [0.05, 0.1) is 10.6 Å². The molecule has 0 spiro atoms. The van der Waals surface area contributed by atoms with Crippen molar-refractivity contribution in [3.63, 3.8) is 0 Å². The molecule has 0 unspecified atom stereocenters. The Bertz CT molecular complexity index is 1740. The maximum Gasteiger partial charge on any atom is 0.264 e. The van der Waals surface area contributed by atoms with Gasteiger partial charge in [-0.2, -0.15) is 0 Å². The Hall–Kier alpha value is -4.14. The second-order valence-electron chi connectivity index (χ2n) is 11.6. The van der Waals surface area contributed by atoms with Crippen LogP contribution in [-0.4, -0.2) is 43.8 Å². The molecule has 0 saturated carbocycles. The number of aryl methyl sites for hydroxylation is 3. The number of carbonyl (C=O) groups excluding carboxylic acids is 2. The topological polar surface area (TPSA) is 86.8 Å². The van der Waals surface area contributed by atoms with Crippen LogP contribution in [0.3, 0.4) is 0 Å². The molecule has 0 aliphatic carbocycles. The third kappa shape index (κ3) is 8.53. The van der Waals surface area contributed by atoms with Crippen molar-refractivity contribution in [1.82, 2.24) is 10.2 Å². The summed E-state index contributed by atoms with van der Waals surface area (Å²) in [6.07, 6.45) is 0.255. The number of nitrogens with zero attached hydrogens (tertiary/aromatic N) is 2. The zero-order valence-corrected chi connectivity index (χ0v) is 27.9. The monoisotopic (exact) mass is 645 g/mol. The highest BCUT2D eigenvalue weighted by atomic mass is 35.5. The first-order valence-electron chi connectivity index (χ1n) is 14.9. The quantitative estimate of drug-likeness (QED) is 0.188. The zero-order valence-electron chi connectivity index (χ0n) is 26.3. The minimum atomic E-state index is -4.21. The normalized spacial score (nSPS) is 12.1. The number of benzene rings is 4. The second-order valence-corrected chi connectivity index (χ2v) is 13.8. The van der Waals surface area contributed by atoms with Gasteiger partial charge in [0.1, 0.15) is 12.6 Å². The summed E-state index contributed by atoms with van der Waals surface area (Å²) in [6.45, 7) is 9.12. The number of sulfonamides is 1. The highest BCUT2D eigenvalue weighted by Crippen LogP contribution is 2.28. The lowest BCUT2D eigenvalue weighted by Gasteiger charge is -2.34. The lowest BCUT2D eigenvalue weighted by Crippen LogP contribution is -2.54. The van der Waals surface area contributed by atoms with Crippen molar-refractivity contribution in [2.45, 2.75) is 64.6 Å². The summed E-state index contributed by atoms with van der Waals surface area (Å²) in [5.74, 6) is -0.817. The summed E-state index contributed by atoms with van der Waals surface area (Å²) in [4.78, 5) is 29.9. The first-order chi connectivity index (χ1) is 21.4. The Kier molecular flexibility index (Phi) is 11.1. The van der Waals surface area contributed by atoms with Crippen LogP contribution in [0.4, 0.5) is 5.69 Å². The maximum absolute atomic E-state index is 14.6. The predicted molar refractivity (Wildman–Crippen MR) is 181 cm³/mol. The molecule has 4 aromatic carbocycles. The molecule has 0 bridgehead atoms. The van der Waals surface area contributed by atoms with Crippen molar-refractivity contribution in [2.24, 2.45) is 0 Å². The molecule has 4 rings (SSSR count). The maximum atomic E-state index is 14.6. The molecule has 0 fully saturated rings. The Morgan fingerprint density at radius 3 is 2.07 bits per heavy atom. The number of halogens is 1. The fourth-order valence-electron chi connectivity index (χ4n) is 5.05. The van der Waals surface area contributed by atoms with Crippen molar-refractivity contribution in [3.8, 4) is 0 Å². The number of hydrogen-bond acceptors (Lipinski definition) is 4. The van der Waals surface area contributed by atoms with Gasteiger partial charge in [0, 0.05) is 24.0 Å². The van der Waals surface area contributed by atoms with E-state index in [0.29, 0.717) is 10.7 Å². The van der Waals surface area contributed by atoms with E-state index in [9.17, 15) is 18.0 Å². The van der Waals surface area contributed by atoms with E-state index in [4.69, 9.17) is 11.6 Å². The van der Waals surface area contributed by atoms with Gasteiger partial charge in [-0.25, -0.2) is 8.42 Å². The molecule has 4 aromatic rings. The standard InChI is InChI=1S/C36H40ClN3O4S/c1-25(2)38-36(42)34(22-29-12-7-6-8-13-29)39(23-30-14-10-9-11-27(30)4)35(41)24-40(32-18-15-26(3)28(5)21-32)45(43,44)33-19-16-31(37)17-20-33/h6-21,25,34H,22-24H2,1-5H3,(H,38,42)/t34-/m1/s1. The summed E-state index contributed by atoms with van der Waals surface area (Å²) >= 11 is 6.07. The third-order valence-electron chi connectivity index (χ3n) is 7.76. The van der Waals surface area contributed by atoms with E-state index in [0.717, 1.165) is 32.1 Å². The zero-order chi connectivity index (χ0) is 32.7. The fourth-order valence-corrected chi connectivity index (χ4v) is 6.58. The van der Waals surface area contributed by atoms with Gasteiger partial charge in [-0.05, 0) is 98.8 Å². The van der Waals surface area contributed by atoms with Crippen molar-refractivity contribution in [1.29, 1.82) is 0 Å². The van der Waals surface area contributed by atoms with Crippen molar-refractivity contribution < 1.29 is 18.0 Å². The smallest absolute Gasteiger partial charge is 0.264 e. The van der Waals surface area contributed by atoms with E-state index < -0.39 is 28.5 Å². The molecule has 0 aromatic heterocycles. The summed E-state index contributed by atoms with van der Waals surface area (Å²) in [7, 11) is -4.21. The largest absolute Gasteiger partial charge is 0.352 e. The number of nitrogens with one attached hydrogen (secondary N) is 1. The van der Waals surface area contributed by atoms with Crippen LogP contribution in [0, 0.1) is 20.8 Å². The minimum Gasteiger partial charge on any atom is -0.352 e. The van der Waals surface area contributed by atoms with Gasteiger partial charge in [0.25, 0.3) is 10.0 Å². The average molecular weight is 646 g/mol. The fraction of sp³-hybridized carbons (Fsp3) is 0.278. The molecule has 1 atom stereocenters. The van der Waals surface area contributed by atoms with E-state index in [1.807, 2.05) is 95.3 Å². The Labute approximate surface area is 271 Å². The van der Waals surface area contributed by atoms with E-state index in [2.05, 4.69) is 5.32 Å². The van der Waals surface area contributed by atoms with Crippen LogP contribution in [0.1, 0.15) is 41.7 Å². The first-order valence-corrected chi connectivity index (χ1v) is 16.7. The van der Waals surface area contributed by atoms with Gasteiger partial charge in [-0.3, -0.25) is 13.9 Å². The van der Waals surface area contributed by atoms with Crippen LogP contribution in [-0.2, 0) is 32.6 Å². The van der Waals surface area contributed by atoms with E-state index in [-0.39, 0.29) is 29.8 Å². The predicted octanol–water partition coefficient (Wildman–Crippen LogP) is 6.63. The summed E-state index contributed by atoms with van der Waals surface area (Å²) in [6, 6.07) is 27.3. The van der Waals surface area contributed by atoms with Crippen LogP contribution >= 0.6 is 11.6 Å². The van der Waals surface area contributed by atoms with Crippen molar-refractivity contribution in [3.05, 3.63) is 130 Å². The molecular formula is C36H40ClN3O4S. The Morgan fingerprint density at radius 2 is 1.44 bits per heavy atom. The highest BCUT2D eigenvalue weighted by Gasteiger charge is 2.35. The van der Waals surface area contributed by atoms with Gasteiger partial charge >= 0.3 is 0 Å². The van der Waals surface area contributed by atoms with Crippen LogP contribution < -0.4 is 9.62 Å². The summed E-state index contributed by atoms with van der Waals surface area (Å²) in [5, 5.41) is 3.38. The molecule has 0 radical (unpaired) electrons. The lowest BCUT2D eigenvalue weighted by atomic mass is 10.0. The molecule has 236 valence electrons. The van der Waals surface area contributed by atoms with Crippen LogP contribution in [0.15, 0.2) is 102 Å². The van der Waals surface area contributed by atoms with Crippen molar-refractivity contribution in [2.75, 3.05) is 10.8 Å². The molecule has 0 heterocycles. The third-order valence-corrected chi connectivity index (χ3v) is 9.80. The molecule has 9 heteroatoms.